The van der Waals surface area contributed by atoms with Crippen molar-refractivity contribution in [1.82, 2.24) is 4.98 Å². The molecule has 0 N–H and O–H groups in total. The Kier molecular flexibility index (Phi) is 2.21. The first-order valence-corrected chi connectivity index (χ1v) is 5.55. The van der Waals surface area contributed by atoms with Crippen LogP contribution in [0.25, 0.3) is 21.7 Å². The highest BCUT2D eigenvalue weighted by Crippen LogP contribution is 2.32. The molecule has 80 valence electrons. The van der Waals surface area contributed by atoms with E-state index in [1.165, 1.54) is 0 Å². The summed E-state index contributed by atoms with van der Waals surface area (Å²) in [6.07, 6.45) is 1.73. The van der Waals surface area contributed by atoms with Crippen molar-refractivity contribution < 1.29 is 0 Å². The second-order valence-corrected chi connectivity index (χ2v) is 4.18. The summed E-state index contributed by atoms with van der Waals surface area (Å²) in [5.41, 5.74) is 1.44. The Morgan fingerprint density at radius 2 is 1.94 bits per heavy atom. The minimum absolute atomic E-state index is 0.573. The second kappa shape index (κ2) is 3.73. The van der Waals surface area contributed by atoms with Gasteiger partial charge in [0.05, 0.1) is 22.2 Å². The molecular weight excluding hydrogens is 232 g/mol. The molecule has 0 unspecified atom stereocenters. The fourth-order valence-corrected chi connectivity index (χ4v) is 2.39. The molecule has 0 atom stereocenters. The number of nitriles is 1. The number of benzene rings is 2. The fraction of sp³-hybridized carbons (Fsp3) is 0. The quantitative estimate of drug-likeness (QED) is 0.557. The molecule has 0 bridgehead atoms. The molecule has 0 aliphatic heterocycles. The van der Waals surface area contributed by atoms with Crippen molar-refractivity contribution in [2.24, 2.45) is 0 Å². The zero-order valence-corrected chi connectivity index (χ0v) is 9.57. The molecule has 3 rings (SSSR count). The predicted molar refractivity (Wildman–Crippen MR) is 69.0 cm³/mol. The fourth-order valence-electron chi connectivity index (χ4n) is 2.08. The summed E-state index contributed by atoms with van der Waals surface area (Å²) in [6, 6.07) is 13.5. The molecule has 2 aromatic carbocycles. The van der Waals surface area contributed by atoms with Crippen LogP contribution in [0.5, 0.6) is 0 Å². The molecule has 0 amide bonds. The number of hydrogen-bond acceptors (Lipinski definition) is 2. The van der Waals surface area contributed by atoms with Gasteiger partial charge >= 0.3 is 0 Å². The van der Waals surface area contributed by atoms with Crippen LogP contribution in [0.2, 0.25) is 5.02 Å². The molecule has 0 aliphatic carbocycles. The Labute approximate surface area is 103 Å². The maximum atomic E-state index is 9.11. The van der Waals surface area contributed by atoms with Gasteiger partial charge in [-0.25, -0.2) is 0 Å². The lowest BCUT2D eigenvalue weighted by molar-refractivity contribution is 1.42. The zero-order chi connectivity index (χ0) is 11.8. The van der Waals surface area contributed by atoms with E-state index in [9.17, 15) is 0 Å². The van der Waals surface area contributed by atoms with Crippen molar-refractivity contribution in [2.75, 3.05) is 0 Å². The lowest BCUT2D eigenvalue weighted by Crippen LogP contribution is -1.85. The largest absolute Gasteiger partial charge is 0.256 e. The topological polar surface area (TPSA) is 36.7 Å². The standard InChI is InChI=1S/C14H7ClN2/c15-12-7-13-10(5-2-6-17-13)11-4-1-3-9(8-16)14(11)12/h1-7H. The minimum atomic E-state index is 0.573. The highest BCUT2D eigenvalue weighted by molar-refractivity contribution is 6.37. The number of nitrogens with zero attached hydrogens (tertiary/aromatic N) is 2. The summed E-state index contributed by atoms with van der Waals surface area (Å²) in [6.45, 7) is 0. The van der Waals surface area contributed by atoms with Gasteiger partial charge in [-0.1, -0.05) is 29.8 Å². The Balaban J connectivity index is 2.64. The minimum Gasteiger partial charge on any atom is -0.256 e. The van der Waals surface area contributed by atoms with E-state index in [4.69, 9.17) is 16.9 Å². The third-order valence-electron chi connectivity index (χ3n) is 2.82. The lowest BCUT2D eigenvalue weighted by atomic mass is 10.0. The van der Waals surface area contributed by atoms with Crippen molar-refractivity contribution >= 4 is 33.3 Å². The van der Waals surface area contributed by atoms with Gasteiger partial charge in [0, 0.05) is 17.0 Å². The van der Waals surface area contributed by atoms with Crippen molar-refractivity contribution in [1.29, 1.82) is 5.26 Å². The molecule has 0 fully saturated rings. The molecule has 1 aromatic heterocycles. The number of pyridine rings is 1. The van der Waals surface area contributed by atoms with Gasteiger partial charge in [0.25, 0.3) is 0 Å². The summed E-state index contributed by atoms with van der Waals surface area (Å²) in [5, 5.41) is 12.5. The van der Waals surface area contributed by atoms with Gasteiger partial charge in [0.1, 0.15) is 0 Å². The van der Waals surface area contributed by atoms with Crippen LogP contribution in [0.3, 0.4) is 0 Å². The maximum Gasteiger partial charge on any atom is 0.0998 e. The monoisotopic (exact) mass is 238 g/mol. The Hall–Kier alpha value is -2.11. The Morgan fingerprint density at radius 3 is 2.76 bits per heavy atom. The third-order valence-corrected chi connectivity index (χ3v) is 3.11. The molecule has 1 heterocycles. The van der Waals surface area contributed by atoms with Crippen LogP contribution in [0.1, 0.15) is 5.56 Å². The summed E-state index contributed by atoms with van der Waals surface area (Å²) in [5.74, 6) is 0. The maximum absolute atomic E-state index is 9.11. The Morgan fingerprint density at radius 1 is 1.12 bits per heavy atom. The van der Waals surface area contributed by atoms with Crippen molar-refractivity contribution in [3.8, 4) is 6.07 Å². The van der Waals surface area contributed by atoms with Crippen LogP contribution in [-0.4, -0.2) is 4.98 Å². The highest BCUT2D eigenvalue weighted by Gasteiger charge is 2.09. The van der Waals surface area contributed by atoms with E-state index in [1.54, 1.807) is 18.3 Å². The smallest absolute Gasteiger partial charge is 0.0998 e. The van der Waals surface area contributed by atoms with E-state index >= 15 is 0 Å². The first-order chi connectivity index (χ1) is 8.31. The van der Waals surface area contributed by atoms with Gasteiger partial charge in [-0.15, -0.1) is 0 Å². The third kappa shape index (κ3) is 1.44. The molecule has 3 aromatic rings. The van der Waals surface area contributed by atoms with Crippen molar-refractivity contribution in [3.63, 3.8) is 0 Å². The van der Waals surface area contributed by atoms with Crippen LogP contribution in [0, 0.1) is 11.3 Å². The molecule has 0 aliphatic rings. The average Bonchev–Trinajstić information content (AvgIpc) is 2.38. The number of halogens is 1. The molecule has 0 spiro atoms. The molecule has 0 saturated carbocycles. The number of aromatic nitrogens is 1. The normalized spacial score (nSPS) is 10.6. The summed E-state index contributed by atoms with van der Waals surface area (Å²) < 4.78 is 0. The zero-order valence-electron chi connectivity index (χ0n) is 8.81. The summed E-state index contributed by atoms with van der Waals surface area (Å²) in [7, 11) is 0. The number of rotatable bonds is 0. The van der Waals surface area contributed by atoms with Crippen LogP contribution in [-0.2, 0) is 0 Å². The van der Waals surface area contributed by atoms with E-state index in [2.05, 4.69) is 11.1 Å². The van der Waals surface area contributed by atoms with Crippen LogP contribution in [0.15, 0.2) is 42.6 Å². The molecular formula is C14H7ClN2. The van der Waals surface area contributed by atoms with Gasteiger partial charge in [-0.05, 0) is 23.6 Å². The highest BCUT2D eigenvalue weighted by atomic mass is 35.5. The van der Waals surface area contributed by atoms with E-state index in [0.717, 1.165) is 21.7 Å². The molecule has 2 nitrogen and oxygen atoms in total. The van der Waals surface area contributed by atoms with E-state index in [-0.39, 0.29) is 0 Å². The predicted octanol–water partition coefficient (Wildman–Crippen LogP) is 3.91. The SMILES string of the molecule is N#Cc1cccc2c1c(Cl)cc1ncccc12. The van der Waals surface area contributed by atoms with Crippen LogP contribution < -0.4 is 0 Å². The summed E-state index contributed by atoms with van der Waals surface area (Å²) in [4.78, 5) is 4.28. The van der Waals surface area contributed by atoms with E-state index in [1.807, 2.05) is 24.3 Å². The first kappa shape index (κ1) is 10.1. The molecule has 0 radical (unpaired) electrons. The average molecular weight is 239 g/mol. The van der Waals surface area contributed by atoms with Crippen LogP contribution >= 0.6 is 11.6 Å². The van der Waals surface area contributed by atoms with E-state index < -0.39 is 0 Å². The Bertz CT molecular complexity index is 772. The molecule has 17 heavy (non-hydrogen) atoms. The van der Waals surface area contributed by atoms with Crippen LogP contribution in [0.4, 0.5) is 0 Å². The van der Waals surface area contributed by atoms with E-state index in [0.29, 0.717) is 10.6 Å². The lowest BCUT2D eigenvalue weighted by Gasteiger charge is -2.06. The number of hydrogen-bond donors (Lipinski definition) is 0. The molecule has 3 heteroatoms. The van der Waals surface area contributed by atoms with Gasteiger partial charge in [-0.2, -0.15) is 5.26 Å². The summed E-state index contributed by atoms with van der Waals surface area (Å²) >= 11 is 6.23. The van der Waals surface area contributed by atoms with Crippen molar-refractivity contribution in [2.45, 2.75) is 0 Å². The van der Waals surface area contributed by atoms with Gasteiger partial charge in [0.2, 0.25) is 0 Å². The molecule has 0 saturated heterocycles. The first-order valence-electron chi connectivity index (χ1n) is 5.17. The van der Waals surface area contributed by atoms with Gasteiger partial charge < -0.3 is 0 Å². The van der Waals surface area contributed by atoms with Gasteiger partial charge in [0.15, 0.2) is 0 Å². The second-order valence-electron chi connectivity index (χ2n) is 3.77. The van der Waals surface area contributed by atoms with Crippen molar-refractivity contribution in [3.05, 3.63) is 53.2 Å². The van der Waals surface area contributed by atoms with Gasteiger partial charge in [-0.3, -0.25) is 4.98 Å². The number of fused-ring (bicyclic) bond motifs is 3.